The summed E-state index contributed by atoms with van der Waals surface area (Å²) in [7, 11) is 2.03. The van der Waals surface area contributed by atoms with Gasteiger partial charge in [0.2, 0.25) is 0 Å². The van der Waals surface area contributed by atoms with E-state index in [9.17, 15) is 0 Å². The van der Waals surface area contributed by atoms with Crippen LogP contribution in [0.5, 0.6) is 5.75 Å². The van der Waals surface area contributed by atoms with Gasteiger partial charge in [-0.25, -0.2) is 0 Å². The van der Waals surface area contributed by atoms with E-state index in [0.29, 0.717) is 6.61 Å². The number of nitrogens with one attached hydrogen (secondary N) is 1. The van der Waals surface area contributed by atoms with E-state index < -0.39 is 0 Å². The van der Waals surface area contributed by atoms with Gasteiger partial charge in [0.25, 0.3) is 0 Å². The van der Waals surface area contributed by atoms with Gasteiger partial charge in [0, 0.05) is 26.2 Å². The third kappa shape index (κ3) is 6.52. The molecule has 0 atom stereocenters. The standard InChI is InChI=1S/C22H30N2O/c1-23-14-16-24(17-20-7-8-20)15-13-19-9-11-22(12-10-19)25-18-21-5-3-2-4-6-21/h2-6,9-12,20,23H,7-8,13-18H2,1H3. The highest BCUT2D eigenvalue weighted by Gasteiger charge is 2.23. The fraction of sp³-hybridized carbons (Fsp3) is 0.455. The van der Waals surface area contributed by atoms with Gasteiger partial charge in [-0.1, -0.05) is 42.5 Å². The molecular formula is C22H30N2O. The van der Waals surface area contributed by atoms with E-state index in [1.54, 1.807) is 0 Å². The van der Waals surface area contributed by atoms with E-state index in [0.717, 1.165) is 37.7 Å². The molecule has 1 aliphatic rings. The molecular weight excluding hydrogens is 308 g/mol. The summed E-state index contributed by atoms with van der Waals surface area (Å²) in [6.07, 6.45) is 3.95. The molecule has 0 aliphatic heterocycles. The lowest BCUT2D eigenvalue weighted by molar-refractivity contribution is 0.267. The smallest absolute Gasteiger partial charge is 0.119 e. The minimum atomic E-state index is 0.624. The van der Waals surface area contributed by atoms with Crippen molar-refractivity contribution in [3.63, 3.8) is 0 Å². The summed E-state index contributed by atoms with van der Waals surface area (Å²) in [6.45, 7) is 5.24. The van der Waals surface area contributed by atoms with Crippen molar-refractivity contribution in [3.8, 4) is 5.75 Å². The van der Waals surface area contributed by atoms with E-state index in [1.807, 2.05) is 25.2 Å². The summed E-state index contributed by atoms with van der Waals surface area (Å²) in [5.74, 6) is 1.89. The van der Waals surface area contributed by atoms with Crippen molar-refractivity contribution in [2.24, 2.45) is 5.92 Å². The molecule has 1 saturated carbocycles. The predicted octanol–water partition coefficient (Wildman–Crippen LogP) is 3.74. The van der Waals surface area contributed by atoms with Gasteiger partial charge in [-0.2, -0.15) is 0 Å². The third-order valence-electron chi connectivity index (χ3n) is 4.78. The predicted molar refractivity (Wildman–Crippen MR) is 104 cm³/mol. The molecule has 1 N–H and O–H groups in total. The first-order valence-corrected chi connectivity index (χ1v) is 9.46. The molecule has 25 heavy (non-hydrogen) atoms. The number of likely N-dealkylation sites (N-methyl/N-ethyl adjacent to an activating group) is 1. The fourth-order valence-corrected chi connectivity index (χ4v) is 3.01. The first-order chi connectivity index (χ1) is 12.3. The lowest BCUT2D eigenvalue weighted by Crippen LogP contribution is -2.34. The molecule has 134 valence electrons. The number of benzene rings is 2. The zero-order chi connectivity index (χ0) is 17.3. The number of rotatable bonds is 11. The molecule has 3 heteroatoms. The minimum absolute atomic E-state index is 0.624. The first kappa shape index (κ1) is 18.0. The molecule has 0 saturated heterocycles. The Morgan fingerprint density at radius 1 is 0.960 bits per heavy atom. The number of hydrogen-bond acceptors (Lipinski definition) is 3. The average Bonchev–Trinajstić information content (AvgIpc) is 3.48. The van der Waals surface area contributed by atoms with E-state index in [2.05, 4.69) is 46.6 Å². The molecule has 0 heterocycles. The molecule has 3 nitrogen and oxygen atoms in total. The van der Waals surface area contributed by atoms with Crippen molar-refractivity contribution < 1.29 is 4.74 Å². The molecule has 0 radical (unpaired) electrons. The van der Waals surface area contributed by atoms with Crippen molar-refractivity contribution in [2.45, 2.75) is 25.9 Å². The molecule has 0 amide bonds. The zero-order valence-electron chi connectivity index (χ0n) is 15.3. The monoisotopic (exact) mass is 338 g/mol. The summed E-state index contributed by atoms with van der Waals surface area (Å²) in [5, 5.41) is 3.27. The van der Waals surface area contributed by atoms with E-state index in [1.165, 1.54) is 30.5 Å². The summed E-state index contributed by atoms with van der Waals surface area (Å²) in [6, 6.07) is 18.9. The second-order valence-electron chi connectivity index (χ2n) is 7.02. The number of hydrogen-bond donors (Lipinski definition) is 1. The highest BCUT2D eigenvalue weighted by molar-refractivity contribution is 5.28. The van der Waals surface area contributed by atoms with Gasteiger partial charge in [-0.15, -0.1) is 0 Å². The Morgan fingerprint density at radius 3 is 2.40 bits per heavy atom. The van der Waals surface area contributed by atoms with Crippen molar-refractivity contribution in [3.05, 3.63) is 65.7 Å². The molecule has 3 rings (SSSR count). The van der Waals surface area contributed by atoms with Gasteiger partial charge in [0.1, 0.15) is 12.4 Å². The molecule has 1 aliphatic carbocycles. The quantitative estimate of drug-likeness (QED) is 0.675. The lowest BCUT2D eigenvalue weighted by Gasteiger charge is -2.22. The zero-order valence-corrected chi connectivity index (χ0v) is 15.3. The summed E-state index contributed by atoms with van der Waals surface area (Å²) >= 11 is 0. The van der Waals surface area contributed by atoms with Gasteiger partial charge < -0.3 is 15.0 Å². The van der Waals surface area contributed by atoms with Crippen LogP contribution in [0.2, 0.25) is 0 Å². The van der Waals surface area contributed by atoms with Crippen LogP contribution in [-0.2, 0) is 13.0 Å². The largest absolute Gasteiger partial charge is 0.489 e. The Hall–Kier alpha value is -1.84. The molecule has 0 bridgehead atoms. The van der Waals surface area contributed by atoms with Gasteiger partial charge in [0.15, 0.2) is 0 Å². The second kappa shape index (κ2) is 9.59. The summed E-state index contributed by atoms with van der Waals surface area (Å²) < 4.78 is 5.87. The number of nitrogens with zero attached hydrogens (tertiary/aromatic N) is 1. The maximum absolute atomic E-state index is 5.87. The Morgan fingerprint density at radius 2 is 1.72 bits per heavy atom. The van der Waals surface area contributed by atoms with Gasteiger partial charge in [-0.3, -0.25) is 0 Å². The van der Waals surface area contributed by atoms with Crippen LogP contribution < -0.4 is 10.1 Å². The number of ether oxygens (including phenoxy) is 1. The minimum Gasteiger partial charge on any atom is -0.489 e. The van der Waals surface area contributed by atoms with Crippen LogP contribution in [-0.4, -0.2) is 38.1 Å². The van der Waals surface area contributed by atoms with E-state index in [4.69, 9.17) is 4.74 Å². The molecule has 1 fully saturated rings. The van der Waals surface area contributed by atoms with Gasteiger partial charge in [0.05, 0.1) is 0 Å². The van der Waals surface area contributed by atoms with Gasteiger partial charge >= 0.3 is 0 Å². The summed E-state index contributed by atoms with van der Waals surface area (Å²) in [4.78, 5) is 2.61. The maximum atomic E-state index is 5.87. The highest BCUT2D eigenvalue weighted by Crippen LogP contribution is 2.29. The Balaban J connectivity index is 1.44. The Bertz CT molecular complexity index is 608. The highest BCUT2D eigenvalue weighted by atomic mass is 16.5. The lowest BCUT2D eigenvalue weighted by atomic mass is 10.1. The van der Waals surface area contributed by atoms with Gasteiger partial charge in [-0.05, 0) is 55.5 Å². The SMILES string of the molecule is CNCCN(CCc1ccc(OCc2ccccc2)cc1)CC1CC1. The van der Waals surface area contributed by atoms with Crippen molar-refractivity contribution >= 4 is 0 Å². The third-order valence-corrected chi connectivity index (χ3v) is 4.78. The van der Waals surface area contributed by atoms with Crippen molar-refractivity contribution in [1.82, 2.24) is 10.2 Å². The van der Waals surface area contributed by atoms with Crippen LogP contribution in [0.25, 0.3) is 0 Å². The van der Waals surface area contributed by atoms with Crippen LogP contribution in [0.3, 0.4) is 0 Å². The van der Waals surface area contributed by atoms with Crippen LogP contribution in [0, 0.1) is 5.92 Å². The van der Waals surface area contributed by atoms with Crippen LogP contribution in [0.1, 0.15) is 24.0 Å². The average molecular weight is 338 g/mol. The van der Waals surface area contributed by atoms with Crippen molar-refractivity contribution in [1.29, 1.82) is 0 Å². The van der Waals surface area contributed by atoms with Crippen LogP contribution >= 0.6 is 0 Å². The fourth-order valence-electron chi connectivity index (χ4n) is 3.01. The maximum Gasteiger partial charge on any atom is 0.119 e. The first-order valence-electron chi connectivity index (χ1n) is 9.46. The topological polar surface area (TPSA) is 24.5 Å². The van der Waals surface area contributed by atoms with Crippen LogP contribution in [0.4, 0.5) is 0 Å². The Labute approximate surface area is 152 Å². The second-order valence-corrected chi connectivity index (χ2v) is 7.02. The molecule has 2 aromatic rings. The van der Waals surface area contributed by atoms with Crippen molar-refractivity contribution in [2.75, 3.05) is 33.2 Å². The molecule has 0 spiro atoms. The normalized spacial score (nSPS) is 14.0. The summed E-state index contributed by atoms with van der Waals surface area (Å²) in [5.41, 5.74) is 2.59. The Kier molecular flexibility index (Phi) is 6.89. The molecule has 0 unspecified atom stereocenters. The van der Waals surface area contributed by atoms with E-state index in [-0.39, 0.29) is 0 Å². The molecule has 2 aromatic carbocycles. The van der Waals surface area contributed by atoms with Crippen LogP contribution in [0.15, 0.2) is 54.6 Å². The van der Waals surface area contributed by atoms with E-state index >= 15 is 0 Å². The molecule has 0 aromatic heterocycles.